The fraction of sp³-hybridized carbons (Fsp3) is 0.444. The number of hydrogen-bond acceptors (Lipinski definition) is 19. The standard InChI is InChI=1S/C10H15N.C9H14N2.2C8H12N2.C7H10N2.C6H9N3.C6H8N2.C5H6N2.C4H5N3/c1-8-5-6-11-7-9(8)10(2,3)4;1-6(2)9-7(3)8(4)10-5-11-9;1-6(2)8-7(3)4-9-5-10-8;1-5-6(2)9-8(4)10-7(5)3;1-5-6(2)8-4-9-7(5)3;1-4-7-5(2)9-6(3)8-4;1-5-3-7-4-8-6(5)2;1-5-2-6-4-7-3-5;1-4-6-2-5-3-7-4/h5-7H,1-4H3;5-6H,1-4H3;4-6H,1-3H3;1-4H3;4H,1-3H3;1-3H3;3-4H,1-2H3;2-4H,1H3;2-3H,1H3. The Hall–Kier alpha value is -8.35. The summed E-state index contributed by atoms with van der Waals surface area (Å²) in [5.41, 5.74) is 18.7. The summed E-state index contributed by atoms with van der Waals surface area (Å²) in [5, 5.41) is 0. The van der Waals surface area contributed by atoms with Crippen molar-refractivity contribution in [3.63, 3.8) is 0 Å². The maximum atomic E-state index is 4.23. The van der Waals surface area contributed by atoms with Gasteiger partial charge >= 0.3 is 0 Å². The van der Waals surface area contributed by atoms with Gasteiger partial charge in [0.1, 0.15) is 73.4 Å². The molecule has 19 nitrogen and oxygen atoms in total. The third kappa shape index (κ3) is 29.2. The van der Waals surface area contributed by atoms with E-state index in [1.807, 2.05) is 136 Å². The minimum Gasteiger partial charge on any atom is -0.264 e. The second-order valence-electron chi connectivity index (χ2n) is 20.9. The van der Waals surface area contributed by atoms with Gasteiger partial charge in [-0.25, -0.2) is 89.7 Å². The molecule has 0 unspecified atom stereocenters. The van der Waals surface area contributed by atoms with E-state index in [-0.39, 0.29) is 5.41 Å². The molecule has 9 rings (SSSR count). The van der Waals surface area contributed by atoms with Crippen molar-refractivity contribution in [2.45, 2.75) is 190 Å². The lowest BCUT2D eigenvalue weighted by molar-refractivity contribution is 0.583. The van der Waals surface area contributed by atoms with Crippen LogP contribution in [0.5, 0.6) is 0 Å². The van der Waals surface area contributed by atoms with Crippen LogP contribution in [-0.4, -0.2) is 94.7 Å². The Balaban J connectivity index is 0.000000463. The van der Waals surface area contributed by atoms with E-state index in [0.29, 0.717) is 11.8 Å². The third-order valence-corrected chi connectivity index (χ3v) is 12.0. The van der Waals surface area contributed by atoms with Crippen LogP contribution in [0.25, 0.3) is 0 Å². The molecule has 0 aliphatic carbocycles. The fourth-order valence-corrected chi connectivity index (χ4v) is 6.91. The highest BCUT2D eigenvalue weighted by atomic mass is 15.0. The molecule has 0 amide bonds. The molecule has 9 aromatic heterocycles. The first-order valence-corrected chi connectivity index (χ1v) is 27.1. The SMILES string of the molecule is Cc1ccncc1C(C)(C)C.Cc1cncnc1.Cc1cncnc1C.Cc1cncnc1C(C)C.Cc1nc(C)c(C)c(C)n1.Cc1nc(C)nc(C)n1.Cc1ncnc(C(C)C)c1C.Cc1ncnc(C)c1C.Cc1ncncn1. The summed E-state index contributed by atoms with van der Waals surface area (Å²) in [7, 11) is 0. The summed E-state index contributed by atoms with van der Waals surface area (Å²) in [5.74, 6) is 5.00. The molecule has 0 bridgehead atoms. The van der Waals surface area contributed by atoms with Crippen LogP contribution in [-0.2, 0) is 5.41 Å². The molecule has 0 aromatic carbocycles. The molecular formula is C63H91N19. The van der Waals surface area contributed by atoms with E-state index in [1.165, 1.54) is 52.4 Å². The topological polar surface area (TPSA) is 245 Å². The smallest absolute Gasteiger partial charge is 0.129 e. The molecule has 82 heavy (non-hydrogen) atoms. The van der Waals surface area contributed by atoms with E-state index in [9.17, 15) is 0 Å². The fourth-order valence-electron chi connectivity index (χ4n) is 6.91. The van der Waals surface area contributed by atoms with Gasteiger partial charge in [0.15, 0.2) is 0 Å². The molecule has 9 aromatic rings. The summed E-state index contributed by atoms with van der Waals surface area (Å²) in [6.45, 7) is 50.8. The first-order valence-electron chi connectivity index (χ1n) is 27.1. The molecule has 0 saturated carbocycles. The van der Waals surface area contributed by atoms with E-state index in [1.54, 1.807) is 37.7 Å². The molecule has 0 aliphatic heterocycles. The van der Waals surface area contributed by atoms with Gasteiger partial charge in [0.05, 0.1) is 0 Å². The van der Waals surface area contributed by atoms with Crippen LogP contribution in [0.4, 0.5) is 0 Å². The van der Waals surface area contributed by atoms with Gasteiger partial charge in [-0.3, -0.25) is 4.98 Å². The monoisotopic (exact) mass is 1110 g/mol. The molecule has 19 heteroatoms. The molecule has 0 N–H and O–H groups in total. The summed E-state index contributed by atoms with van der Waals surface area (Å²) in [6.07, 6.45) is 21.8. The van der Waals surface area contributed by atoms with Crippen LogP contribution in [0.3, 0.4) is 0 Å². The Labute approximate surface area is 489 Å². The van der Waals surface area contributed by atoms with Crippen LogP contribution < -0.4 is 0 Å². The van der Waals surface area contributed by atoms with Crippen molar-refractivity contribution in [2.75, 3.05) is 0 Å². The van der Waals surface area contributed by atoms with Gasteiger partial charge in [-0.05, 0) is 192 Å². The van der Waals surface area contributed by atoms with E-state index < -0.39 is 0 Å². The normalized spacial score (nSPS) is 9.99. The summed E-state index contributed by atoms with van der Waals surface area (Å²) < 4.78 is 0. The van der Waals surface area contributed by atoms with Crippen molar-refractivity contribution >= 4 is 0 Å². The second-order valence-corrected chi connectivity index (χ2v) is 20.9. The van der Waals surface area contributed by atoms with Crippen LogP contribution >= 0.6 is 0 Å². The molecule has 0 aliphatic rings. The molecule has 0 radical (unpaired) electrons. The lowest BCUT2D eigenvalue weighted by atomic mass is 9.86. The number of aryl methyl sites for hydroxylation is 15. The number of hydrogen-bond donors (Lipinski definition) is 0. The van der Waals surface area contributed by atoms with Gasteiger partial charge in [-0.15, -0.1) is 0 Å². The third-order valence-electron chi connectivity index (χ3n) is 12.0. The van der Waals surface area contributed by atoms with Crippen molar-refractivity contribution < 1.29 is 0 Å². The molecule has 0 saturated heterocycles. The van der Waals surface area contributed by atoms with Crippen LogP contribution in [0.15, 0.2) is 87.5 Å². The lowest BCUT2D eigenvalue weighted by Gasteiger charge is -2.20. The lowest BCUT2D eigenvalue weighted by Crippen LogP contribution is -2.13. The van der Waals surface area contributed by atoms with E-state index in [4.69, 9.17) is 0 Å². The largest absolute Gasteiger partial charge is 0.264 e. The van der Waals surface area contributed by atoms with Gasteiger partial charge in [0.2, 0.25) is 0 Å². The number of rotatable bonds is 2. The number of pyridine rings is 1. The van der Waals surface area contributed by atoms with E-state index in [2.05, 4.69) is 163 Å². The Morgan fingerprint density at radius 3 is 1.02 bits per heavy atom. The van der Waals surface area contributed by atoms with E-state index in [0.717, 1.165) is 85.8 Å². The molecule has 0 fully saturated rings. The maximum absolute atomic E-state index is 4.23. The molecule has 0 atom stereocenters. The Morgan fingerprint density at radius 1 is 0.305 bits per heavy atom. The van der Waals surface area contributed by atoms with Crippen molar-refractivity contribution in [1.29, 1.82) is 0 Å². The van der Waals surface area contributed by atoms with Gasteiger partial charge in [-0.2, -0.15) is 0 Å². The number of aromatic nitrogens is 19. The highest BCUT2D eigenvalue weighted by Gasteiger charge is 2.15. The first-order chi connectivity index (χ1) is 38.5. The zero-order valence-electron chi connectivity index (χ0n) is 53.7. The zero-order valence-corrected chi connectivity index (χ0v) is 53.7. The summed E-state index contributed by atoms with van der Waals surface area (Å²) >= 11 is 0. The van der Waals surface area contributed by atoms with Gasteiger partial charge in [0.25, 0.3) is 0 Å². The predicted octanol–water partition coefficient (Wildman–Crippen LogP) is 12.8. The van der Waals surface area contributed by atoms with Crippen molar-refractivity contribution in [2.24, 2.45) is 0 Å². The van der Waals surface area contributed by atoms with Crippen molar-refractivity contribution in [1.82, 2.24) is 94.7 Å². The summed E-state index contributed by atoms with van der Waals surface area (Å²) in [6, 6.07) is 2.06. The molecule has 9 heterocycles. The van der Waals surface area contributed by atoms with Gasteiger partial charge in [-0.1, -0.05) is 48.5 Å². The van der Waals surface area contributed by atoms with E-state index >= 15 is 0 Å². The van der Waals surface area contributed by atoms with Gasteiger partial charge < -0.3 is 0 Å². The molecule has 438 valence electrons. The first kappa shape index (κ1) is 71.7. The van der Waals surface area contributed by atoms with Gasteiger partial charge in [0, 0.05) is 82.7 Å². The highest BCUT2D eigenvalue weighted by molar-refractivity contribution is 5.28. The second kappa shape index (κ2) is 37.6. The van der Waals surface area contributed by atoms with Crippen molar-refractivity contribution in [3.05, 3.63) is 207 Å². The Bertz CT molecular complexity index is 3080. The van der Waals surface area contributed by atoms with Crippen LogP contribution in [0, 0.1) is 125 Å². The van der Waals surface area contributed by atoms with Crippen LogP contribution in [0.2, 0.25) is 0 Å². The minimum atomic E-state index is 0.221. The summed E-state index contributed by atoms with van der Waals surface area (Å²) in [4.78, 5) is 75.6. The Morgan fingerprint density at radius 2 is 0.695 bits per heavy atom. The quantitative estimate of drug-likeness (QED) is 0.156. The van der Waals surface area contributed by atoms with Crippen molar-refractivity contribution in [3.8, 4) is 0 Å². The van der Waals surface area contributed by atoms with Crippen LogP contribution in [0.1, 0.15) is 179 Å². The average Bonchev–Trinajstić information content (AvgIpc) is 3.42. The molecular weight excluding hydrogens is 1020 g/mol. The molecule has 0 spiro atoms. The maximum Gasteiger partial charge on any atom is 0.129 e. The highest BCUT2D eigenvalue weighted by Crippen LogP contribution is 2.24. The predicted molar refractivity (Wildman–Crippen MR) is 328 cm³/mol. The minimum absolute atomic E-state index is 0.221. The zero-order chi connectivity index (χ0) is 62.1. The Kier molecular flexibility index (Phi) is 32.8. The average molecular weight is 1110 g/mol. The number of nitrogens with zero attached hydrogens (tertiary/aromatic N) is 19.